The first-order chi connectivity index (χ1) is 14.5. The Morgan fingerprint density at radius 3 is 2.63 bits per heavy atom. The van der Waals surface area contributed by atoms with Gasteiger partial charge < -0.3 is 15.5 Å². The van der Waals surface area contributed by atoms with Gasteiger partial charge in [-0.3, -0.25) is 0 Å². The zero-order chi connectivity index (χ0) is 21.3. The van der Waals surface area contributed by atoms with Crippen LogP contribution in [0, 0.1) is 11.7 Å². The number of hydrogen-bond donors (Lipinski definition) is 2. The van der Waals surface area contributed by atoms with E-state index >= 15 is 0 Å². The summed E-state index contributed by atoms with van der Waals surface area (Å²) in [5.74, 6) is 1.01. The van der Waals surface area contributed by atoms with E-state index in [0.717, 1.165) is 49.9 Å². The topological polar surface area (TPSA) is 53.1 Å². The number of halogens is 3. The molecule has 1 aromatic carbocycles. The fourth-order valence-electron chi connectivity index (χ4n) is 4.31. The van der Waals surface area contributed by atoms with Crippen LogP contribution in [0.3, 0.4) is 0 Å². The number of likely N-dealkylation sites (N-methyl/N-ethyl adjacent to an activating group) is 1. The van der Waals surface area contributed by atoms with E-state index < -0.39 is 23.8 Å². The monoisotopic (exact) mass is 417 g/mol. The van der Waals surface area contributed by atoms with Crippen LogP contribution in [0.5, 0.6) is 0 Å². The Bertz CT molecular complexity index is 940. The molecule has 5 nitrogen and oxygen atoms in total. The third kappa shape index (κ3) is 4.01. The second-order valence-electron chi connectivity index (χ2n) is 7.98. The molecule has 0 aliphatic carbocycles. The van der Waals surface area contributed by atoms with Gasteiger partial charge in [-0.2, -0.15) is 0 Å². The van der Waals surface area contributed by atoms with Crippen molar-refractivity contribution in [2.75, 3.05) is 36.9 Å². The summed E-state index contributed by atoms with van der Waals surface area (Å²) >= 11 is 0. The molecule has 0 radical (unpaired) electrons. The molecule has 0 amide bonds. The number of anilines is 2. The van der Waals surface area contributed by atoms with E-state index in [1.165, 1.54) is 24.0 Å². The van der Waals surface area contributed by atoms with Crippen LogP contribution in [-0.2, 0) is 0 Å². The normalized spacial score (nSPS) is 18.2. The Kier molecular flexibility index (Phi) is 5.94. The number of nitrogens with one attached hydrogen (secondary N) is 2. The van der Waals surface area contributed by atoms with E-state index in [2.05, 4.69) is 31.6 Å². The Balaban J connectivity index is 1.65. The summed E-state index contributed by atoms with van der Waals surface area (Å²) in [7, 11) is 2.00. The molecule has 2 aliphatic rings. The second-order valence-corrected chi connectivity index (χ2v) is 7.98. The minimum atomic E-state index is -2.85. The lowest BCUT2D eigenvalue weighted by Crippen LogP contribution is -2.34. The molecule has 1 aromatic heterocycles. The van der Waals surface area contributed by atoms with Gasteiger partial charge in [0, 0.05) is 19.2 Å². The minimum absolute atomic E-state index is 0.187. The maximum atomic E-state index is 14.6. The number of aromatic nitrogens is 2. The summed E-state index contributed by atoms with van der Waals surface area (Å²) in [6, 6.07) is 3.56. The number of nitrogens with zero attached hydrogens (tertiary/aromatic N) is 3. The van der Waals surface area contributed by atoms with Gasteiger partial charge in [-0.1, -0.05) is 18.2 Å². The molecule has 8 heteroatoms. The molecule has 0 spiro atoms. The molecule has 1 fully saturated rings. The summed E-state index contributed by atoms with van der Waals surface area (Å²) in [5, 5.41) is 6.61. The molecule has 30 heavy (non-hydrogen) atoms. The lowest BCUT2D eigenvalue weighted by Gasteiger charge is -2.33. The van der Waals surface area contributed by atoms with Crippen molar-refractivity contribution in [2.45, 2.75) is 32.2 Å². The SMILES string of the molecule is C[C@@H](Nc1ncnc2c1C=C(C1CCNCC1)CN2C)c1cccc(C(F)F)c1F. The van der Waals surface area contributed by atoms with Crippen LogP contribution >= 0.6 is 0 Å². The van der Waals surface area contributed by atoms with Crippen LogP contribution in [0.25, 0.3) is 6.08 Å². The molecular weight excluding hydrogens is 391 g/mol. The van der Waals surface area contributed by atoms with Gasteiger partial charge in [-0.15, -0.1) is 0 Å². The summed E-state index contributed by atoms with van der Waals surface area (Å²) in [5.41, 5.74) is 1.80. The van der Waals surface area contributed by atoms with Crippen LogP contribution < -0.4 is 15.5 Å². The third-order valence-corrected chi connectivity index (χ3v) is 5.95. The summed E-state index contributed by atoms with van der Waals surface area (Å²) in [6.45, 7) is 4.57. The highest BCUT2D eigenvalue weighted by atomic mass is 19.3. The van der Waals surface area contributed by atoms with E-state index in [1.807, 2.05) is 7.05 Å². The van der Waals surface area contributed by atoms with E-state index in [-0.39, 0.29) is 5.56 Å². The number of piperidine rings is 1. The van der Waals surface area contributed by atoms with Gasteiger partial charge in [-0.25, -0.2) is 23.1 Å². The van der Waals surface area contributed by atoms with Crippen LogP contribution in [0.15, 0.2) is 30.1 Å². The first-order valence-electron chi connectivity index (χ1n) is 10.3. The number of rotatable bonds is 5. The number of benzene rings is 1. The largest absolute Gasteiger partial charge is 0.363 e. The Morgan fingerprint density at radius 2 is 1.90 bits per heavy atom. The van der Waals surface area contributed by atoms with Crippen molar-refractivity contribution in [3.63, 3.8) is 0 Å². The molecule has 0 saturated carbocycles. The molecule has 2 aliphatic heterocycles. The zero-order valence-corrected chi connectivity index (χ0v) is 17.1. The Morgan fingerprint density at radius 1 is 1.17 bits per heavy atom. The van der Waals surface area contributed by atoms with Gasteiger partial charge in [0.05, 0.1) is 17.2 Å². The molecule has 160 valence electrons. The lowest BCUT2D eigenvalue weighted by atomic mass is 9.87. The number of fused-ring (bicyclic) bond motifs is 1. The van der Waals surface area contributed by atoms with Crippen molar-refractivity contribution in [3.05, 3.63) is 52.6 Å². The average Bonchev–Trinajstić information content (AvgIpc) is 2.74. The van der Waals surface area contributed by atoms with E-state index in [4.69, 9.17) is 0 Å². The molecule has 0 unspecified atom stereocenters. The number of alkyl halides is 2. The van der Waals surface area contributed by atoms with Gasteiger partial charge in [0.2, 0.25) is 0 Å². The molecule has 0 bridgehead atoms. The quantitative estimate of drug-likeness (QED) is 0.747. The third-order valence-electron chi connectivity index (χ3n) is 5.95. The van der Waals surface area contributed by atoms with Crippen LogP contribution in [0.1, 0.15) is 48.9 Å². The predicted molar refractivity (Wildman–Crippen MR) is 112 cm³/mol. The van der Waals surface area contributed by atoms with E-state index in [9.17, 15) is 13.2 Å². The van der Waals surface area contributed by atoms with E-state index in [1.54, 1.807) is 6.92 Å². The highest BCUT2D eigenvalue weighted by Gasteiger charge is 2.26. The molecule has 2 N–H and O–H groups in total. The van der Waals surface area contributed by atoms with Crippen molar-refractivity contribution >= 4 is 17.7 Å². The average molecular weight is 417 g/mol. The highest BCUT2D eigenvalue weighted by molar-refractivity contribution is 5.78. The van der Waals surface area contributed by atoms with Gasteiger partial charge in [0.1, 0.15) is 23.8 Å². The smallest absolute Gasteiger partial charge is 0.266 e. The van der Waals surface area contributed by atoms with Gasteiger partial charge >= 0.3 is 0 Å². The molecule has 2 aromatic rings. The van der Waals surface area contributed by atoms with Crippen LogP contribution in [-0.4, -0.2) is 36.6 Å². The molecule has 3 heterocycles. The second kappa shape index (κ2) is 8.63. The maximum Gasteiger partial charge on any atom is 0.266 e. The van der Waals surface area contributed by atoms with Crippen molar-refractivity contribution in [1.82, 2.24) is 15.3 Å². The fraction of sp³-hybridized carbons (Fsp3) is 0.455. The van der Waals surface area contributed by atoms with Crippen LogP contribution in [0.2, 0.25) is 0 Å². The molecule has 1 atom stereocenters. The number of hydrogen-bond acceptors (Lipinski definition) is 5. The van der Waals surface area contributed by atoms with Crippen molar-refractivity contribution in [2.24, 2.45) is 5.92 Å². The zero-order valence-electron chi connectivity index (χ0n) is 17.1. The van der Waals surface area contributed by atoms with Gasteiger partial charge in [0.15, 0.2) is 0 Å². The van der Waals surface area contributed by atoms with Crippen molar-refractivity contribution in [1.29, 1.82) is 0 Å². The minimum Gasteiger partial charge on any atom is -0.363 e. The van der Waals surface area contributed by atoms with Crippen molar-refractivity contribution in [3.8, 4) is 0 Å². The molecule has 4 rings (SSSR count). The Hall–Kier alpha value is -2.61. The van der Waals surface area contributed by atoms with Crippen molar-refractivity contribution < 1.29 is 13.2 Å². The predicted octanol–water partition coefficient (Wildman–Crippen LogP) is 4.56. The standard InChI is InChI=1S/C22H26F3N5/c1-13(16-4-3-5-17(19(16)23)20(24)25)29-21-18-10-15(14-6-8-26-9-7-14)11-30(2)22(18)28-12-27-21/h3-5,10,12-14,20,26H,6-9,11H2,1-2H3,(H,27,28,29)/t13-/m1/s1. The summed E-state index contributed by atoms with van der Waals surface area (Å²) < 4.78 is 40.8. The summed E-state index contributed by atoms with van der Waals surface area (Å²) in [6.07, 6.45) is 2.94. The highest BCUT2D eigenvalue weighted by Crippen LogP contribution is 2.36. The Labute approximate surface area is 174 Å². The van der Waals surface area contributed by atoms with Crippen LogP contribution in [0.4, 0.5) is 24.8 Å². The first-order valence-corrected chi connectivity index (χ1v) is 10.3. The molecular formula is C22H26F3N5. The maximum absolute atomic E-state index is 14.6. The first kappa shape index (κ1) is 20.7. The van der Waals surface area contributed by atoms with Gasteiger partial charge in [-0.05, 0) is 50.4 Å². The van der Waals surface area contributed by atoms with E-state index in [0.29, 0.717) is 11.7 Å². The molecule has 1 saturated heterocycles. The van der Waals surface area contributed by atoms with Gasteiger partial charge in [0.25, 0.3) is 6.43 Å². The fourth-order valence-corrected chi connectivity index (χ4v) is 4.31. The lowest BCUT2D eigenvalue weighted by molar-refractivity contribution is 0.146. The summed E-state index contributed by atoms with van der Waals surface area (Å²) in [4.78, 5) is 10.9.